The first-order valence-electron chi connectivity index (χ1n) is 11.1. The van der Waals surface area contributed by atoms with Crippen LogP contribution in [0.2, 0.25) is 0 Å². The second kappa shape index (κ2) is 8.40. The summed E-state index contributed by atoms with van der Waals surface area (Å²) in [5.74, 6) is 1.34. The Bertz CT molecular complexity index is 1380. The molecule has 2 amide bonds. The summed E-state index contributed by atoms with van der Waals surface area (Å²) in [6, 6.07) is 11.8. The summed E-state index contributed by atoms with van der Waals surface area (Å²) in [6.45, 7) is 6.03. The summed E-state index contributed by atoms with van der Waals surface area (Å²) in [5.41, 5.74) is 3.51. The third-order valence-corrected chi connectivity index (χ3v) is 5.83. The molecule has 8 nitrogen and oxygen atoms in total. The number of carbonyl (C=O) groups excluding carboxylic acids is 1. The molecule has 0 radical (unpaired) electrons. The van der Waals surface area contributed by atoms with E-state index >= 15 is 0 Å². The van der Waals surface area contributed by atoms with Crippen LogP contribution in [0.25, 0.3) is 10.9 Å². The Labute approximate surface area is 196 Å². The van der Waals surface area contributed by atoms with Crippen LogP contribution in [0.5, 0.6) is 0 Å². The van der Waals surface area contributed by atoms with E-state index in [4.69, 9.17) is 4.52 Å². The minimum Gasteiger partial charge on any atom is -0.366 e. The topological polar surface area (TPSA) is 105 Å². The minimum absolute atomic E-state index is 0.103. The largest absolute Gasteiger partial charge is 0.366 e. The highest BCUT2D eigenvalue weighted by Gasteiger charge is 2.23. The summed E-state index contributed by atoms with van der Waals surface area (Å²) >= 11 is 0. The van der Waals surface area contributed by atoms with Crippen molar-refractivity contribution in [3.63, 3.8) is 0 Å². The maximum Gasteiger partial charge on any atom is 0.324 e. The molecule has 1 atom stereocenters. The molecule has 1 aliphatic carbocycles. The number of fused-ring (bicyclic) bond motifs is 2. The normalized spacial score (nSPS) is 15.2. The van der Waals surface area contributed by atoms with Crippen molar-refractivity contribution in [3.05, 3.63) is 71.5 Å². The van der Waals surface area contributed by atoms with Gasteiger partial charge in [-0.25, -0.2) is 19.2 Å². The Morgan fingerprint density at radius 3 is 2.65 bits per heavy atom. The summed E-state index contributed by atoms with van der Waals surface area (Å²) in [4.78, 5) is 21.0. The number of nitrogens with zero attached hydrogens (tertiary/aromatic N) is 3. The van der Waals surface area contributed by atoms with E-state index in [1.54, 1.807) is 12.1 Å². The van der Waals surface area contributed by atoms with Gasteiger partial charge in [0.1, 0.15) is 23.7 Å². The van der Waals surface area contributed by atoms with Crippen molar-refractivity contribution < 1.29 is 13.7 Å². The van der Waals surface area contributed by atoms with E-state index in [2.05, 4.69) is 31.1 Å². The van der Waals surface area contributed by atoms with Gasteiger partial charge in [0.05, 0.1) is 5.52 Å². The van der Waals surface area contributed by atoms with Gasteiger partial charge in [-0.3, -0.25) is 5.32 Å². The molecule has 2 aromatic carbocycles. The van der Waals surface area contributed by atoms with Crippen LogP contribution in [0.4, 0.5) is 26.5 Å². The predicted octanol–water partition coefficient (Wildman–Crippen LogP) is 5.28. The van der Waals surface area contributed by atoms with Gasteiger partial charge in [-0.15, -0.1) is 0 Å². The number of nitrogens with one attached hydrogen (secondary N) is 3. The first-order valence-corrected chi connectivity index (χ1v) is 11.1. The maximum atomic E-state index is 13.8. The zero-order valence-corrected chi connectivity index (χ0v) is 19.1. The average molecular weight is 461 g/mol. The minimum atomic E-state index is -0.393. The zero-order chi connectivity index (χ0) is 23.9. The summed E-state index contributed by atoms with van der Waals surface area (Å²) in [6.07, 6.45) is 3.03. The number of benzene rings is 2. The van der Waals surface area contributed by atoms with Crippen LogP contribution in [0.3, 0.4) is 0 Å². The van der Waals surface area contributed by atoms with Crippen molar-refractivity contribution >= 4 is 34.3 Å². The van der Waals surface area contributed by atoms with Gasteiger partial charge in [-0.05, 0) is 54.3 Å². The van der Waals surface area contributed by atoms with Gasteiger partial charge in [0.25, 0.3) is 0 Å². The number of halogens is 1. The SMILES string of the molecule is CC(C)(C)c1cc(NC(=O)Nc2ccc3c(c2)CC(Nc2ncnc4ccc(F)cc24)C3)no1. The second-order valence-corrected chi connectivity index (χ2v) is 9.52. The molecule has 0 saturated heterocycles. The zero-order valence-electron chi connectivity index (χ0n) is 19.1. The molecule has 5 rings (SSSR count). The summed E-state index contributed by atoms with van der Waals surface area (Å²) in [7, 11) is 0. The molecule has 0 fully saturated rings. The fraction of sp³-hybridized carbons (Fsp3) is 0.280. The van der Waals surface area contributed by atoms with Crippen LogP contribution in [0.15, 0.2) is 53.3 Å². The molecule has 174 valence electrons. The summed E-state index contributed by atoms with van der Waals surface area (Å²) in [5, 5.41) is 13.5. The van der Waals surface area contributed by atoms with Crippen molar-refractivity contribution in [1.29, 1.82) is 0 Å². The molecule has 0 aliphatic heterocycles. The van der Waals surface area contributed by atoms with Crippen LogP contribution in [0, 0.1) is 5.82 Å². The quantitative estimate of drug-likeness (QED) is 0.383. The fourth-order valence-electron chi connectivity index (χ4n) is 4.10. The van der Waals surface area contributed by atoms with Gasteiger partial charge in [0, 0.05) is 28.6 Å². The predicted molar refractivity (Wildman–Crippen MR) is 129 cm³/mol. The Morgan fingerprint density at radius 2 is 1.85 bits per heavy atom. The molecular weight excluding hydrogens is 435 g/mol. The maximum absolute atomic E-state index is 13.8. The van der Waals surface area contributed by atoms with Gasteiger partial charge in [0.15, 0.2) is 5.82 Å². The lowest BCUT2D eigenvalue weighted by Crippen LogP contribution is -2.20. The van der Waals surface area contributed by atoms with Crippen LogP contribution in [0.1, 0.15) is 37.7 Å². The standard InChI is InChI=1S/C25H25FN6O2/c1-25(2,3)21-12-22(32-34-21)31-24(33)30-17-6-4-14-8-18(10-15(14)9-17)29-23-19-11-16(26)5-7-20(19)27-13-28-23/h4-7,9,11-13,18H,8,10H2,1-3H3,(H,27,28,29)(H2,30,31,32,33). The van der Waals surface area contributed by atoms with E-state index in [0.29, 0.717) is 34.0 Å². The number of urea groups is 1. The lowest BCUT2D eigenvalue weighted by atomic mass is 9.93. The van der Waals surface area contributed by atoms with E-state index in [0.717, 1.165) is 18.4 Å². The molecule has 2 aromatic heterocycles. The number of hydrogen-bond acceptors (Lipinski definition) is 6. The molecule has 0 spiro atoms. The number of rotatable bonds is 4. The molecule has 1 unspecified atom stereocenters. The van der Waals surface area contributed by atoms with E-state index in [1.807, 2.05) is 39.0 Å². The van der Waals surface area contributed by atoms with Crippen LogP contribution in [-0.2, 0) is 18.3 Å². The van der Waals surface area contributed by atoms with Gasteiger partial charge in [0.2, 0.25) is 0 Å². The monoisotopic (exact) mass is 460 g/mol. The molecule has 2 heterocycles. The Balaban J connectivity index is 1.24. The highest BCUT2D eigenvalue weighted by atomic mass is 19.1. The Hall–Kier alpha value is -4.01. The molecule has 34 heavy (non-hydrogen) atoms. The highest BCUT2D eigenvalue weighted by molar-refractivity contribution is 5.99. The highest BCUT2D eigenvalue weighted by Crippen LogP contribution is 2.29. The van der Waals surface area contributed by atoms with Crippen molar-refractivity contribution in [1.82, 2.24) is 15.1 Å². The van der Waals surface area contributed by atoms with Gasteiger partial charge in [-0.2, -0.15) is 0 Å². The number of anilines is 3. The third kappa shape index (κ3) is 4.54. The van der Waals surface area contributed by atoms with Crippen molar-refractivity contribution in [2.24, 2.45) is 0 Å². The molecule has 0 bridgehead atoms. The first kappa shape index (κ1) is 21.8. The smallest absolute Gasteiger partial charge is 0.324 e. The van der Waals surface area contributed by atoms with E-state index in [-0.39, 0.29) is 17.3 Å². The van der Waals surface area contributed by atoms with Crippen molar-refractivity contribution in [2.75, 3.05) is 16.0 Å². The fourth-order valence-corrected chi connectivity index (χ4v) is 4.10. The average Bonchev–Trinajstić information content (AvgIpc) is 3.40. The van der Waals surface area contributed by atoms with Crippen LogP contribution in [-0.4, -0.2) is 27.2 Å². The van der Waals surface area contributed by atoms with E-state index < -0.39 is 6.03 Å². The van der Waals surface area contributed by atoms with E-state index in [1.165, 1.54) is 24.0 Å². The van der Waals surface area contributed by atoms with Crippen LogP contribution < -0.4 is 16.0 Å². The lowest BCUT2D eigenvalue weighted by molar-refractivity contribution is 0.262. The van der Waals surface area contributed by atoms with Gasteiger partial charge in [-0.1, -0.05) is 32.0 Å². The number of hydrogen-bond donors (Lipinski definition) is 3. The second-order valence-electron chi connectivity index (χ2n) is 9.52. The van der Waals surface area contributed by atoms with Crippen molar-refractivity contribution in [2.45, 2.75) is 45.1 Å². The first-order chi connectivity index (χ1) is 16.2. The van der Waals surface area contributed by atoms with E-state index in [9.17, 15) is 9.18 Å². The summed E-state index contributed by atoms with van der Waals surface area (Å²) < 4.78 is 19.1. The van der Waals surface area contributed by atoms with Gasteiger partial charge < -0.3 is 15.2 Å². The Morgan fingerprint density at radius 1 is 1.03 bits per heavy atom. The van der Waals surface area contributed by atoms with Crippen molar-refractivity contribution in [3.8, 4) is 0 Å². The third-order valence-electron chi connectivity index (χ3n) is 5.83. The number of amides is 2. The lowest BCUT2D eigenvalue weighted by Gasteiger charge is -2.14. The molecular formula is C25H25FN6O2. The molecule has 0 saturated carbocycles. The molecule has 1 aliphatic rings. The molecule has 4 aromatic rings. The number of aromatic nitrogens is 3. The van der Waals surface area contributed by atoms with Crippen LogP contribution >= 0.6 is 0 Å². The molecule has 9 heteroatoms. The number of carbonyl (C=O) groups is 1. The van der Waals surface area contributed by atoms with Gasteiger partial charge >= 0.3 is 6.03 Å². The Kier molecular flexibility index (Phi) is 5.39. The molecule has 3 N–H and O–H groups in total.